The second kappa shape index (κ2) is 8.65. The van der Waals surface area contributed by atoms with Crippen LogP contribution < -0.4 is 4.90 Å². The fraction of sp³-hybridized carbons (Fsp3) is 0.385. The molecule has 0 bridgehead atoms. The number of halogens is 3. The molecule has 2 nitrogen and oxygen atoms in total. The lowest BCUT2D eigenvalue weighted by Crippen LogP contribution is -2.46. The molecule has 1 aromatic carbocycles. The molecular weight excluding hydrogens is 291 g/mol. The standard InChI is InChI=1S/C13H17ClN2.2ClH/c1-2-6-15-7-9-16(10-8-15)13-5-3-4-12(14)11-13;;/h2-5,11H,1,6-10H2;2*1H. The molecule has 1 aliphatic heterocycles. The molecule has 18 heavy (non-hydrogen) atoms. The van der Waals surface area contributed by atoms with Gasteiger partial charge in [0.2, 0.25) is 0 Å². The maximum Gasteiger partial charge on any atom is 0.0426 e. The summed E-state index contributed by atoms with van der Waals surface area (Å²) < 4.78 is 0. The summed E-state index contributed by atoms with van der Waals surface area (Å²) >= 11 is 5.99. The van der Waals surface area contributed by atoms with Crippen LogP contribution in [0.25, 0.3) is 0 Å². The first-order valence-corrected chi connectivity index (χ1v) is 6.01. The lowest BCUT2D eigenvalue weighted by molar-refractivity contribution is 0.284. The minimum atomic E-state index is 0. The lowest BCUT2D eigenvalue weighted by atomic mass is 10.2. The molecule has 0 saturated carbocycles. The van der Waals surface area contributed by atoms with Crippen molar-refractivity contribution in [1.82, 2.24) is 4.90 Å². The van der Waals surface area contributed by atoms with Crippen LogP contribution in [0.3, 0.4) is 0 Å². The minimum absolute atomic E-state index is 0. The molecule has 1 aromatic rings. The highest BCUT2D eigenvalue weighted by molar-refractivity contribution is 6.30. The van der Waals surface area contributed by atoms with Gasteiger partial charge < -0.3 is 4.90 Å². The first kappa shape index (κ1) is 17.6. The van der Waals surface area contributed by atoms with Gasteiger partial charge >= 0.3 is 0 Å². The van der Waals surface area contributed by atoms with E-state index in [4.69, 9.17) is 11.6 Å². The smallest absolute Gasteiger partial charge is 0.0426 e. The Morgan fingerprint density at radius 2 is 1.83 bits per heavy atom. The summed E-state index contributed by atoms with van der Waals surface area (Å²) in [6, 6.07) is 8.08. The largest absolute Gasteiger partial charge is 0.369 e. The van der Waals surface area contributed by atoms with E-state index in [1.807, 2.05) is 24.3 Å². The zero-order valence-electron chi connectivity index (χ0n) is 10.2. The van der Waals surface area contributed by atoms with Gasteiger partial charge in [0, 0.05) is 43.4 Å². The predicted molar refractivity (Wildman–Crippen MR) is 84.8 cm³/mol. The van der Waals surface area contributed by atoms with Crippen molar-refractivity contribution in [3.63, 3.8) is 0 Å². The molecule has 1 heterocycles. The van der Waals surface area contributed by atoms with Crippen LogP contribution in [0.15, 0.2) is 36.9 Å². The third-order valence-electron chi connectivity index (χ3n) is 2.93. The maximum atomic E-state index is 5.99. The quantitative estimate of drug-likeness (QED) is 0.789. The SMILES string of the molecule is C=CCN1CCN(c2cccc(Cl)c2)CC1.Cl.Cl. The Morgan fingerprint density at radius 1 is 1.17 bits per heavy atom. The van der Waals surface area contributed by atoms with Gasteiger partial charge in [0.05, 0.1) is 0 Å². The Labute approximate surface area is 126 Å². The number of rotatable bonds is 3. The summed E-state index contributed by atoms with van der Waals surface area (Å²) in [4.78, 5) is 4.79. The molecule has 0 radical (unpaired) electrons. The van der Waals surface area contributed by atoms with Gasteiger partial charge in [-0.3, -0.25) is 4.90 Å². The fourth-order valence-electron chi connectivity index (χ4n) is 2.04. The molecule has 2 rings (SSSR count). The van der Waals surface area contributed by atoms with Crippen molar-refractivity contribution in [1.29, 1.82) is 0 Å². The van der Waals surface area contributed by atoms with E-state index in [1.165, 1.54) is 5.69 Å². The molecule has 0 amide bonds. The first-order valence-electron chi connectivity index (χ1n) is 5.63. The van der Waals surface area contributed by atoms with Gasteiger partial charge in [-0.2, -0.15) is 0 Å². The van der Waals surface area contributed by atoms with Gasteiger partial charge in [-0.15, -0.1) is 31.4 Å². The van der Waals surface area contributed by atoms with Crippen LogP contribution >= 0.6 is 36.4 Å². The number of piperazine rings is 1. The van der Waals surface area contributed by atoms with Crippen molar-refractivity contribution < 1.29 is 0 Å². The molecular formula is C13H19Cl3N2. The number of nitrogens with zero attached hydrogens (tertiary/aromatic N) is 2. The van der Waals surface area contributed by atoms with Crippen LogP contribution in [0.4, 0.5) is 5.69 Å². The normalized spacial score (nSPS) is 15.5. The van der Waals surface area contributed by atoms with Crippen molar-refractivity contribution in [2.45, 2.75) is 0 Å². The number of hydrogen-bond acceptors (Lipinski definition) is 2. The predicted octanol–water partition coefficient (Wildman–Crippen LogP) is 3.49. The molecule has 0 N–H and O–H groups in total. The molecule has 1 aliphatic rings. The molecule has 1 saturated heterocycles. The molecule has 0 aliphatic carbocycles. The van der Waals surface area contributed by atoms with E-state index < -0.39 is 0 Å². The van der Waals surface area contributed by atoms with Crippen molar-refractivity contribution >= 4 is 42.1 Å². The van der Waals surface area contributed by atoms with E-state index in [0.29, 0.717) is 0 Å². The molecule has 0 unspecified atom stereocenters. The van der Waals surface area contributed by atoms with E-state index in [1.54, 1.807) is 0 Å². The third kappa shape index (κ3) is 4.69. The van der Waals surface area contributed by atoms with Crippen LogP contribution in [-0.2, 0) is 0 Å². The topological polar surface area (TPSA) is 6.48 Å². The Kier molecular flexibility index (Phi) is 8.45. The van der Waals surface area contributed by atoms with E-state index in [0.717, 1.165) is 37.7 Å². The van der Waals surface area contributed by atoms with Crippen molar-refractivity contribution in [2.75, 3.05) is 37.6 Å². The van der Waals surface area contributed by atoms with E-state index in [-0.39, 0.29) is 24.8 Å². The maximum absolute atomic E-state index is 5.99. The second-order valence-corrected chi connectivity index (χ2v) is 4.49. The summed E-state index contributed by atoms with van der Waals surface area (Å²) in [6.07, 6.45) is 1.97. The van der Waals surface area contributed by atoms with Gasteiger partial charge in [0.15, 0.2) is 0 Å². The van der Waals surface area contributed by atoms with Crippen LogP contribution in [0, 0.1) is 0 Å². The first-order chi connectivity index (χ1) is 7.79. The molecule has 5 heteroatoms. The fourth-order valence-corrected chi connectivity index (χ4v) is 2.23. The highest BCUT2D eigenvalue weighted by Crippen LogP contribution is 2.20. The third-order valence-corrected chi connectivity index (χ3v) is 3.17. The monoisotopic (exact) mass is 308 g/mol. The average molecular weight is 310 g/mol. The van der Waals surface area contributed by atoms with E-state index >= 15 is 0 Å². The number of anilines is 1. The number of benzene rings is 1. The second-order valence-electron chi connectivity index (χ2n) is 4.06. The zero-order chi connectivity index (χ0) is 11.4. The van der Waals surface area contributed by atoms with Crippen LogP contribution in [-0.4, -0.2) is 37.6 Å². The van der Waals surface area contributed by atoms with E-state index in [9.17, 15) is 0 Å². The highest BCUT2D eigenvalue weighted by atomic mass is 35.5. The van der Waals surface area contributed by atoms with Gasteiger partial charge in [-0.05, 0) is 18.2 Å². The Morgan fingerprint density at radius 3 is 2.39 bits per heavy atom. The molecule has 102 valence electrons. The summed E-state index contributed by atoms with van der Waals surface area (Å²) in [5.74, 6) is 0. The zero-order valence-corrected chi connectivity index (χ0v) is 12.6. The van der Waals surface area contributed by atoms with Gasteiger partial charge in [0.1, 0.15) is 0 Å². The molecule has 0 aromatic heterocycles. The van der Waals surface area contributed by atoms with Crippen LogP contribution in [0.2, 0.25) is 5.02 Å². The average Bonchev–Trinajstić information content (AvgIpc) is 2.30. The van der Waals surface area contributed by atoms with Gasteiger partial charge in [0.25, 0.3) is 0 Å². The Balaban J connectivity index is 0.00000144. The van der Waals surface area contributed by atoms with Gasteiger partial charge in [-0.25, -0.2) is 0 Å². The summed E-state index contributed by atoms with van der Waals surface area (Å²) in [7, 11) is 0. The Hall–Kier alpha value is -0.410. The molecule has 0 spiro atoms. The van der Waals surface area contributed by atoms with Crippen LogP contribution in [0.1, 0.15) is 0 Å². The van der Waals surface area contributed by atoms with Crippen molar-refractivity contribution in [2.24, 2.45) is 0 Å². The van der Waals surface area contributed by atoms with Crippen LogP contribution in [0.5, 0.6) is 0 Å². The van der Waals surface area contributed by atoms with Crippen molar-refractivity contribution in [3.05, 3.63) is 41.9 Å². The highest BCUT2D eigenvalue weighted by Gasteiger charge is 2.15. The summed E-state index contributed by atoms with van der Waals surface area (Å²) in [5, 5.41) is 0.811. The molecule has 1 fully saturated rings. The lowest BCUT2D eigenvalue weighted by Gasteiger charge is -2.35. The Bertz CT molecular complexity index is 363. The van der Waals surface area contributed by atoms with E-state index in [2.05, 4.69) is 22.4 Å². The number of hydrogen-bond donors (Lipinski definition) is 0. The minimum Gasteiger partial charge on any atom is -0.369 e. The van der Waals surface area contributed by atoms with Gasteiger partial charge in [-0.1, -0.05) is 23.7 Å². The summed E-state index contributed by atoms with van der Waals surface area (Å²) in [6.45, 7) is 9.08. The van der Waals surface area contributed by atoms with Crippen molar-refractivity contribution in [3.8, 4) is 0 Å². The molecule has 0 atom stereocenters. The summed E-state index contributed by atoms with van der Waals surface area (Å²) in [5.41, 5.74) is 1.23.